The Balaban J connectivity index is 1.98. The standard InChI is InChI=1S/C17H27N/c1-12-8-10-16(11-9-12)15(4)18-17-7-5-6-13(2)14(17)3/h8-11,13-15,17-18H,5-7H2,1-4H3/t13?,14?,15-,17?/m1/s1. The summed E-state index contributed by atoms with van der Waals surface area (Å²) in [6.45, 7) is 9.24. The minimum atomic E-state index is 0.461. The van der Waals surface area contributed by atoms with Crippen LogP contribution in [-0.2, 0) is 0 Å². The van der Waals surface area contributed by atoms with Crippen molar-refractivity contribution in [1.82, 2.24) is 5.32 Å². The molecule has 1 fully saturated rings. The number of hydrogen-bond donors (Lipinski definition) is 1. The highest BCUT2D eigenvalue weighted by Crippen LogP contribution is 2.31. The van der Waals surface area contributed by atoms with Crippen LogP contribution in [0.5, 0.6) is 0 Å². The number of aryl methyl sites for hydroxylation is 1. The summed E-state index contributed by atoms with van der Waals surface area (Å²) >= 11 is 0. The van der Waals surface area contributed by atoms with Gasteiger partial charge in [0.05, 0.1) is 0 Å². The van der Waals surface area contributed by atoms with Gasteiger partial charge in [-0.2, -0.15) is 0 Å². The van der Waals surface area contributed by atoms with Crippen LogP contribution in [0.4, 0.5) is 0 Å². The van der Waals surface area contributed by atoms with E-state index in [0.29, 0.717) is 12.1 Å². The van der Waals surface area contributed by atoms with E-state index in [1.165, 1.54) is 30.4 Å². The van der Waals surface area contributed by atoms with Gasteiger partial charge in [-0.3, -0.25) is 0 Å². The van der Waals surface area contributed by atoms with Crippen molar-refractivity contribution in [3.63, 3.8) is 0 Å². The fraction of sp³-hybridized carbons (Fsp3) is 0.647. The molecular weight excluding hydrogens is 218 g/mol. The van der Waals surface area contributed by atoms with Crippen molar-refractivity contribution in [2.75, 3.05) is 0 Å². The van der Waals surface area contributed by atoms with Gasteiger partial charge in [-0.15, -0.1) is 0 Å². The summed E-state index contributed by atoms with van der Waals surface area (Å²) in [6, 6.07) is 10.1. The van der Waals surface area contributed by atoms with Crippen LogP contribution in [0.15, 0.2) is 24.3 Å². The normalized spacial score (nSPS) is 30.1. The second-order valence-electron chi connectivity index (χ2n) is 6.17. The SMILES string of the molecule is Cc1ccc([C@@H](C)NC2CCCC(C)C2C)cc1. The summed E-state index contributed by atoms with van der Waals surface area (Å²) < 4.78 is 0. The number of nitrogens with one attached hydrogen (secondary N) is 1. The molecule has 100 valence electrons. The maximum atomic E-state index is 3.83. The molecule has 2 rings (SSSR count). The second-order valence-corrected chi connectivity index (χ2v) is 6.17. The lowest BCUT2D eigenvalue weighted by Gasteiger charge is -2.36. The molecule has 1 nitrogen and oxygen atoms in total. The molecule has 18 heavy (non-hydrogen) atoms. The Labute approximate surface area is 112 Å². The second kappa shape index (κ2) is 5.88. The van der Waals surface area contributed by atoms with Gasteiger partial charge in [-0.05, 0) is 37.7 Å². The molecule has 1 aromatic carbocycles. The molecule has 1 heteroatoms. The zero-order valence-corrected chi connectivity index (χ0v) is 12.2. The first-order chi connectivity index (χ1) is 8.58. The molecule has 1 N–H and O–H groups in total. The first-order valence-corrected chi connectivity index (χ1v) is 7.40. The molecular formula is C17H27N. The first-order valence-electron chi connectivity index (χ1n) is 7.40. The average Bonchev–Trinajstić information content (AvgIpc) is 2.36. The Bertz CT molecular complexity index is 368. The average molecular weight is 245 g/mol. The van der Waals surface area contributed by atoms with Crippen molar-refractivity contribution < 1.29 is 0 Å². The molecule has 1 saturated carbocycles. The number of rotatable bonds is 3. The van der Waals surface area contributed by atoms with Crippen LogP contribution < -0.4 is 5.32 Å². The zero-order valence-electron chi connectivity index (χ0n) is 12.2. The molecule has 0 aromatic heterocycles. The third-order valence-electron chi connectivity index (χ3n) is 4.75. The summed E-state index contributed by atoms with van der Waals surface area (Å²) in [5.41, 5.74) is 2.75. The van der Waals surface area contributed by atoms with Crippen molar-refractivity contribution in [1.29, 1.82) is 0 Å². The molecule has 3 unspecified atom stereocenters. The molecule has 4 atom stereocenters. The maximum Gasteiger partial charge on any atom is 0.0294 e. The van der Waals surface area contributed by atoms with Crippen LogP contribution in [0, 0.1) is 18.8 Å². The predicted octanol–water partition coefficient (Wildman–Crippen LogP) is 4.47. The molecule has 1 aliphatic rings. The molecule has 0 radical (unpaired) electrons. The summed E-state index contributed by atoms with van der Waals surface area (Å²) in [5.74, 6) is 1.66. The van der Waals surface area contributed by atoms with Gasteiger partial charge < -0.3 is 5.32 Å². The van der Waals surface area contributed by atoms with Gasteiger partial charge in [0.15, 0.2) is 0 Å². The van der Waals surface area contributed by atoms with E-state index in [9.17, 15) is 0 Å². The molecule has 1 aliphatic carbocycles. The van der Waals surface area contributed by atoms with E-state index in [1.807, 2.05) is 0 Å². The Morgan fingerprint density at radius 3 is 2.44 bits per heavy atom. The number of benzene rings is 1. The van der Waals surface area contributed by atoms with Gasteiger partial charge in [0, 0.05) is 12.1 Å². The zero-order chi connectivity index (χ0) is 13.1. The lowest BCUT2D eigenvalue weighted by atomic mass is 9.77. The minimum Gasteiger partial charge on any atom is -0.307 e. The minimum absolute atomic E-state index is 0.461. The van der Waals surface area contributed by atoms with Gasteiger partial charge in [0.2, 0.25) is 0 Å². The smallest absolute Gasteiger partial charge is 0.0294 e. The largest absolute Gasteiger partial charge is 0.307 e. The summed E-state index contributed by atoms with van der Waals surface area (Å²) in [7, 11) is 0. The molecule has 0 aliphatic heterocycles. The molecule has 0 heterocycles. The Kier molecular flexibility index (Phi) is 4.45. The highest BCUT2D eigenvalue weighted by molar-refractivity contribution is 5.23. The summed E-state index contributed by atoms with van der Waals surface area (Å²) in [4.78, 5) is 0. The van der Waals surface area contributed by atoms with Gasteiger partial charge in [-0.25, -0.2) is 0 Å². The van der Waals surface area contributed by atoms with Gasteiger partial charge >= 0.3 is 0 Å². The van der Waals surface area contributed by atoms with E-state index in [-0.39, 0.29) is 0 Å². The fourth-order valence-electron chi connectivity index (χ4n) is 3.09. The van der Waals surface area contributed by atoms with Gasteiger partial charge in [0.25, 0.3) is 0 Å². The lowest BCUT2D eigenvalue weighted by molar-refractivity contribution is 0.196. The lowest BCUT2D eigenvalue weighted by Crippen LogP contribution is -2.41. The highest BCUT2D eigenvalue weighted by atomic mass is 15.0. The van der Waals surface area contributed by atoms with Crippen LogP contribution in [0.2, 0.25) is 0 Å². The summed E-state index contributed by atoms with van der Waals surface area (Å²) in [5, 5.41) is 3.83. The molecule has 0 saturated heterocycles. The van der Waals surface area contributed by atoms with E-state index in [2.05, 4.69) is 57.3 Å². The van der Waals surface area contributed by atoms with Crippen LogP contribution in [0.3, 0.4) is 0 Å². The van der Waals surface area contributed by atoms with Crippen molar-refractivity contribution in [2.45, 2.75) is 59.0 Å². The van der Waals surface area contributed by atoms with E-state index < -0.39 is 0 Å². The van der Waals surface area contributed by atoms with Crippen molar-refractivity contribution in [2.24, 2.45) is 11.8 Å². The molecule has 1 aromatic rings. The van der Waals surface area contributed by atoms with E-state index >= 15 is 0 Å². The molecule has 0 amide bonds. The van der Waals surface area contributed by atoms with Crippen LogP contribution in [0.25, 0.3) is 0 Å². The van der Waals surface area contributed by atoms with Crippen LogP contribution in [0.1, 0.15) is 57.2 Å². The highest BCUT2D eigenvalue weighted by Gasteiger charge is 2.27. The monoisotopic (exact) mass is 245 g/mol. The topological polar surface area (TPSA) is 12.0 Å². The van der Waals surface area contributed by atoms with Gasteiger partial charge in [-0.1, -0.05) is 56.5 Å². The van der Waals surface area contributed by atoms with E-state index in [0.717, 1.165) is 11.8 Å². The molecule has 0 spiro atoms. The Morgan fingerprint density at radius 1 is 1.11 bits per heavy atom. The third kappa shape index (κ3) is 3.14. The first kappa shape index (κ1) is 13.6. The van der Waals surface area contributed by atoms with Crippen molar-refractivity contribution >= 4 is 0 Å². The predicted molar refractivity (Wildman–Crippen MR) is 78.7 cm³/mol. The van der Waals surface area contributed by atoms with Crippen LogP contribution in [-0.4, -0.2) is 6.04 Å². The van der Waals surface area contributed by atoms with E-state index in [4.69, 9.17) is 0 Å². The Morgan fingerprint density at radius 2 is 1.78 bits per heavy atom. The van der Waals surface area contributed by atoms with Crippen LogP contribution >= 0.6 is 0 Å². The van der Waals surface area contributed by atoms with Crippen molar-refractivity contribution in [3.05, 3.63) is 35.4 Å². The summed E-state index contributed by atoms with van der Waals surface area (Å²) in [6.07, 6.45) is 4.11. The maximum absolute atomic E-state index is 3.83. The molecule has 0 bridgehead atoms. The fourth-order valence-corrected chi connectivity index (χ4v) is 3.09. The Hall–Kier alpha value is -0.820. The third-order valence-corrected chi connectivity index (χ3v) is 4.75. The van der Waals surface area contributed by atoms with E-state index in [1.54, 1.807) is 0 Å². The van der Waals surface area contributed by atoms with Crippen molar-refractivity contribution in [3.8, 4) is 0 Å². The van der Waals surface area contributed by atoms with Gasteiger partial charge in [0.1, 0.15) is 0 Å². The number of hydrogen-bond acceptors (Lipinski definition) is 1. The quantitative estimate of drug-likeness (QED) is 0.828.